The minimum atomic E-state index is -0.0866. The molecule has 0 aromatic heterocycles. The molecule has 0 unspecified atom stereocenters. The first-order chi connectivity index (χ1) is 6.33. The molecule has 0 spiro atoms. The lowest BCUT2D eigenvalue weighted by molar-refractivity contribution is -0.120. The van der Waals surface area contributed by atoms with E-state index in [2.05, 4.69) is 11.4 Å². The summed E-state index contributed by atoms with van der Waals surface area (Å²) in [6.45, 7) is 0.288. The first kappa shape index (κ1) is 9.74. The van der Waals surface area contributed by atoms with E-state index < -0.39 is 0 Å². The van der Waals surface area contributed by atoms with Crippen molar-refractivity contribution in [3.8, 4) is 0 Å². The highest BCUT2D eigenvalue weighted by molar-refractivity contribution is 5.78. The molecule has 1 rings (SSSR count). The third-order valence-electron chi connectivity index (χ3n) is 1.56. The fourth-order valence-corrected chi connectivity index (χ4v) is 0.971. The SMILES string of the molecule is O=C(Cc1[c]cccc1)NCCO. The summed E-state index contributed by atoms with van der Waals surface area (Å²) in [7, 11) is 0. The fourth-order valence-electron chi connectivity index (χ4n) is 0.971. The molecule has 3 nitrogen and oxygen atoms in total. The van der Waals surface area contributed by atoms with Gasteiger partial charge in [0.15, 0.2) is 0 Å². The van der Waals surface area contributed by atoms with Crippen LogP contribution in [0.2, 0.25) is 0 Å². The molecule has 0 atom stereocenters. The number of carbonyl (C=O) groups excluding carboxylic acids is 1. The highest BCUT2D eigenvalue weighted by Gasteiger charge is 2.00. The van der Waals surface area contributed by atoms with Gasteiger partial charge >= 0.3 is 0 Å². The van der Waals surface area contributed by atoms with Crippen LogP contribution >= 0.6 is 0 Å². The van der Waals surface area contributed by atoms with Crippen LogP contribution in [-0.2, 0) is 11.2 Å². The van der Waals surface area contributed by atoms with Crippen LogP contribution in [0.4, 0.5) is 0 Å². The first-order valence-corrected chi connectivity index (χ1v) is 4.16. The molecule has 1 aromatic carbocycles. The number of hydrogen-bond acceptors (Lipinski definition) is 2. The predicted octanol–water partition coefficient (Wildman–Crippen LogP) is 0.138. The Morgan fingerprint density at radius 3 is 3.00 bits per heavy atom. The summed E-state index contributed by atoms with van der Waals surface area (Å²) in [5, 5.41) is 11.0. The van der Waals surface area contributed by atoms with E-state index in [0.29, 0.717) is 13.0 Å². The average Bonchev–Trinajstić information content (AvgIpc) is 2.16. The van der Waals surface area contributed by atoms with Gasteiger partial charge in [-0.1, -0.05) is 24.3 Å². The van der Waals surface area contributed by atoms with E-state index in [1.807, 2.05) is 18.2 Å². The van der Waals surface area contributed by atoms with E-state index in [0.717, 1.165) is 5.56 Å². The highest BCUT2D eigenvalue weighted by atomic mass is 16.3. The van der Waals surface area contributed by atoms with Crippen molar-refractivity contribution in [1.82, 2.24) is 5.32 Å². The highest BCUT2D eigenvalue weighted by Crippen LogP contribution is 1.97. The zero-order valence-corrected chi connectivity index (χ0v) is 7.29. The number of amides is 1. The molecule has 0 saturated carbocycles. The van der Waals surface area contributed by atoms with Gasteiger partial charge in [0.1, 0.15) is 0 Å². The molecular weight excluding hydrogens is 166 g/mol. The number of carbonyl (C=O) groups is 1. The lowest BCUT2D eigenvalue weighted by Gasteiger charge is -2.01. The molecule has 1 amide bonds. The Kier molecular flexibility index (Phi) is 3.99. The molecule has 0 aliphatic heterocycles. The summed E-state index contributed by atoms with van der Waals surface area (Å²) in [4.78, 5) is 11.1. The van der Waals surface area contributed by atoms with Gasteiger partial charge in [-0.25, -0.2) is 0 Å². The van der Waals surface area contributed by atoms with Crippen LogP contribution in [0, 0.1) is 6.07 Å². The maximum Gasteiger partial charge on any atom is 0.224 e. The van der Waals surface area contributed by atoms with E-state index in [9.17, 15) is 4.79 Å². The molecule has 3 heteroatoms. The first-order valence-electron chi connectivity index (χ1n) is 4.16. The van der Waals surface area contributed by atoms with Crippen molar-refractivity contribution < 1.29 is 9.90 Å². The molecule has 13 heavy (non-hydrogen) atoms. The fraction of sp³-hybridized carbons (Fsp3) is 0.300. The Morgan fingerprint density at radius 1 is 1.54 bits per heavy atom. The molecule has 0 aliphatic rings. The zero-order valence-electron chi connectivity index (χ0n) is 7.29. The van der Waals surface area contributed by atoms with Gasteiger partial charge in [0.05, 0.1) is 13.0 Å². The lowest BCUT2D eigenvalue weighted by Crippen LogP contribution is -2.27. The van der Waals surface area contributed by atoms with Crippen LogP contribution in [0.25, 0.3) is 0 Å². The molecule has 0 heterocycles. The van der Waals surface area contributed by atoms with Gasteiger partial charge in [0, 0.05) is 6.54 Å². The van der Waals surface area contributed by atoms with Gasteiger partial charge in [-0.2, -0.15) is 0 Å². The molecule has 0 saturated heterocycles. The monoisotopic (exact) mass is 178 g/mol. The Morgan fingerprint density at radius 2 is 2.38 bits per heavy atom. The number of rotatable bonds is 4. The molecule has 69 valence electrons. The molecule has 0 fully saturated rings. The van der Waals surface area contributed by atoms with Gasteiger partial charge < -0.3 is 10.4 Å². The van der Waals surface area contributed by atoms with Gasteiger partial charge in [-0.15, -0.1) is 0 Å². The summed E-state index contributed by atoms with van der Waals surface area (Å²) in [6.07, 6.45) is 0.320. The normalized spacial score (nSPS) is 9.62. The second-order valence-electron chi connectivity index (χ2n) is 2.64. The minimum Gasteiger partial charge on any atom is -0.395 e. The van der Waals surface area contributed by atoms with Gasteiger partial charge in [-0.05, 0) is 11.6 Å². The van der Waals surface area contributed by atoms with Crippen LogP contribution in [-0.4, -0.2) is 24.2 Å². The Balaban J connectivity index is 2.37. The summed E-state index contributed by atoms with van der Waals surface area (Å²) >= 11 is 0. The maximum absolute atomic E-state index is 11.1. The van der Waals surface area contributed by atoms with E-state index in [1.165, 1.54) is 0 Å². The molecule has 0 bridgehead atoms. The molecule has 1 aromatic rings. The van der Waals surface area contributed by atoms with Gasteiger partial charge in [0.2, 0.25) is 5.91 Å². The van der Waals surface area contributed by atoms with Crippen molar-refractivity contribution in [3.63, 3.8) is 0 Å². The molecule has 2 N–H and O–H groups in total. The van der Waals surface area contributed by atoms with Gasteiger partial charge in [-0.3, -0.25) is 4.79 Å². The van der Waals surface area contributed by atoms with Crippen LogP contribution < -0.4 is 5.32 Å². The predicted molar refractivity (Wildman–Crippen MR) is 49.1 cm³/mol. The molecule has 0 aliphatic carbocycles. The van der Waals surface area contributed by atoms with Crippen LogP contribution in [0.3, 0.4) is 0 Å². The number of nitrogens with one attached hydrogen (secondary N) is 1. The van der Waals surface area contributed by atoms with Crippen molar-refractivity contribution in [1.29, 1.82) is 0 Å². The molecular formula is C10H12NO2. The average molecular weight is 178 g/mol. The quantitative estimate of drug-likeness (QED) is 0.689. The van der Waals surface area contributed by atoms with Crippen molar-refractivity contribution in [3.05, 3.63) is 35.9 Å². The summed E-state index contributed by atoms with van der Waals surface area (Å²) in [6, 6.07) is 10.3. The topological polar surface area (TPSA) is 49.3 Å². The summed E-state index contributed by atoms with van der Waals surface area (Å²) in [5.74, 6) is -0.0866. The minimum absolute atomic E-state index is 0.0236. The van der Waals surface area contributed by atoms with E-state index >= 15 is 0 Å². The lowest BCUT2D eigenvalue weighted by atomic mass is 10.1. The summed E-state index contributed by atoms with van der Waals surface area (Å²) < 4.78 is 0. The van der Waals surface area contributed by atoms with E-state index in [-0.39, 0.29) is 12.5 Å². The van der Waals surface area contributed by atoms with Crippen LogP contribution in [0.1, 0.15) is 5.56 Å². The van der Waals surface area contributed by atoms with E-state index in [1.54, 1.807) is 6.07 Å². The number of hydrogen-bond donors (Lipinski definition) is 2. The Labute approximate surface area is 77.4 Å². The Bertz CT molecular complexity index is 259. The van der Waals surface area contributed by atoms with Gasteiger partial charge in [0.25, 0.3) is 0 Å². The molecule has 1 radical (unpaired) electrons. The maximum atomic E-state index is 11.1. The number of aliphatic hydroxyl groups is 1. The second kappa shape index (κ2) is 5.32. The number of aliphatic hydroxyl groups excluding tert-OH is 1. The largest absolute Gasteiger partial charge is 0.395 e. The third-order valence-corrected chi connectivity index (χ3v) is 1.56. The van der Waals surface area contributed by atoms with Crippen molar-refractivity contribution in [2.24, 2.45) is 0 Å². The Hall–Kier alpha value is -1.35. The van der Waals surface area contributed by atoms with Crippen molar-refractivity contribution in [2.75, 3.05) is 13.2 Å². The van der Waals surface area contributed by atoms with Crippen molar-refractivity contribution in [2.45, 2.75) is 6.42 Å². The van der Waals surface area contributed by atoms with Crippen molar-refractivity contribution >= 4 is 5.91 Å². The zero-order chi connectivity index (χ0) is 9.52. The smallest absolute Gasteiger partial charge is 0.224 e. The third kappa shape index (κ3) is 3.71. The summed E-state index contributed by atoms with van der Waals surface area (Å²) in [5.41, 5.74) is 0.859. The van der Waals surface area contributed by atoms with Crippen LogP contribution in [0.5, 0.6) is 0 Å². The number of benzene rings is 1. The van der Waals surface area contributed by atoms with E-state index in [4.69, 9.17) is 5.11 Å². The van der Waals surface area contributed by atoms with Crippen LogP contribution in [0.15, 0.2) is 24.3 Å². The second-order valence-corrected chi connectivity index (χ2v) is 2.64. The standard InChI is InChI=1S/C10H12NO2/c12-7-6-11-10(13)8-9-4-2-1-3-5-9/h1-4,12H,6-8H2,(H,11,13).